The lowest BCUT2D eigenvalue weighted by atomic mass is 10.2. The SMILES string of the molecule is CNCc1ccc(S(=O)(=O)Nc2cn[nH]c2)cc1Cl. The second-order valence-electron chi connectivity index (χ2n) is 3.88. The van der Waals surface area contributed by atoms with Gasteiger partial charge in [-0.15, -0.1) is 0 Å². The summed E-state index contributed by atoms with van der Waals surface area (Å²) in [6.07, 6.45) is 2.84. The number of benzene rings is 1. The lowest BCUT2D eigenvalue weighted by Crippen LogP contribution is -2.13. The van der Waals surface area contributed by atoms with Crippen LogP contribution in [-0.4, -0.2) is 25.7 Å². The van der Waals surface area contributed by atoms with E-state index in [-0.39, 0.29) is 4.90 Å². The molecule has 0 saturated heterocycles. The number of halogens is 1. The van der Waals surface area contributed by atoms with Crippen LogP contribution in [0.1, 0.15) is 5.56 Å². The highest BCUT2D eigenvalue weighted by molar-refractivity contribution is 7.92. The minimum absolute atomic E-state index is 0.110. The van der Waals surface area contributed by atoms with Crippen molar-refractivity contribution in [2.45, 2.75) is 11.4 Å². The van der Waals surface area contributed by atoms with Crippen LogP contribution in [0.3, 0.4) is 0 Å². The molecule has 0 amide bonds. The first-order chi connectivity index (χ1) is 9.03. The van der Waals surface area contributed by atoms with Gasteiger partial charge in [-0.2, -0.15) is 5.10 Å². The number of aromatic amines is 1. The molecule has 2 rings (SSSR count). The van der Waals surface area contributed by atoms with Crippen molar-refractivity contribution in [2.75, 3.05) is 11.8 Å². The van der Waals surface area contributed by atoms with E-state index in [0.29, 0.717) is 17.3 Å². The summed E-state index contributed by atoms with van der Waals surface area (Å²) >= 11 is 6.05. The lowest BCUT2D eigenvalue weighted by Gasteiger charge is -2.08. The molecule has 0 aliphatic carbocycles. The summed E-state index contributed by atoms with van der Waals surface area (Å²) in [7, 11) is -1.86. The van der Waals surface area contributed by atoms with Gasteiger partial charge in [0.15, 0.2) is 0 Å². The van der Waals surface area contributed by atoms with E-state index >= 15 is 0 Å². The second kappa shape index (κ2) is 5.60. The molecule has 0 saturated carbocycles. The third kappa shape index (κ3) is 3.25. The smallest absolute Gasteiger partial charge is 0.262 e. The molecule has 0 bridgehead atoms. The van der Waals surface area contributed by atoms with E-state index in [2.05, 4.69) is 20.2 Å². The van der Waals surface area contributed by atoms with Gasteiger partial charge in [-0.05, 0) is 24.7 Å². The van der Waals surface area contributed by atoms with Crippen LogP contribution in [0.25, 0.3) is 0 Å². The van der Waals surface area contributed by atoms with Gasteiger partial charge in [0.25, 0.3) is 10.0 Å². The quantitative estimate of drug-likeness (QED) is 0.782. The Bertz CT molecular complexity index is 655. The van der Waals surface area contributed by atoms with Crippen molar-refractivity contribution in [1.29, 1.82) is 0 Å². The summed E-state index contributed by atoms with van der Waals surface area (Å²) in [6, 6.07) is 4.63. The van der Waals surface area contributed by atoms with E-state index in [9.17, 15) is 8.42 Å². The molecular formula is C11H13ClN4O2S. The van der Waals surface area contributed by atoms with E-state index in [1.807, 2.05) is 0 Å². The zero-order valence-electron chi connectivity index (χ0n) is 10.1. The van der Waals surface area contributed by atoms with Crippen LogP contribution in [0.2, 0.25) is 5.02 Å². The van der Waals surface area contributed by atoms with Gasteiger partial charge in [0.2, 0.25) is 0 Å². The van der Waals surface area contributed by atoms with Gasteiger partial charge in [-0.3, -0.25) is 9.82 Å². The molecule has 0 unspecified atom stereocenters. The third-order valence-electron chi connectivity index (χ3n) is 2.45. The number of nitrogens with one attached hydrogen (secondary N) is 3. The normalized spacial score (nSPS) is 11.5. The van der Waals surface area contributed by atoms with Crippen molar-refractivity contribution in [2.24, 2.45) is 0 Å². The summed E-state index contributed by atoms with van der Waals surface area (Å²) in [6.45, 7) is 0.578. The molecule has 8 heteroatoms. The number of hydrogen-bond acceptors (Lipinski definition) is 4. The number of sulfonamides is 1. The maximum Gasteiger partial charge on any atom is 0.262 e. The van der Waals surface area contributed by atoms with Crippen molar-refractivity contribution in [3.05, 3.63) is 41.2 Å². The fourth-order valence-electron chi connectivity index (χ4n) is 1.55. The molecule has 0 radical (unpaired) electrons. The molecule has 1 aromatic carbocycles. The Morgan fingerprint density at radius 1 is 1.42 bits per heavy atom. The Morgan fingerprint density at radius 2 is 2.21 bits per heavy atom. The van der Waals surface area contributed by atoms with E-state index in [1.165, 1.54) is 24.5 Å². The maximum absolute atomic E-state index is 12.1. The summed E-state index contributed by atoms with van der Waals surface area (Å²) < 4.78 is 26.6. The molecule has 0 spiro atoms. The monoisotopic (exact) mass is 300 g/mol. The minimum atomic E-state index is -3.65. The van der Waals surface area contributed by atoms with Crippen LogP contribution in [-0.2, 0) is 16.6 Å². The lowest BCUT2D eigenvalue weighted by molar-refractivity contribution is 0.601. The second-order valence-corrected chi connectivity index (χ2v) is 5.97. The summed E-state index contributed by atoms with van der Waals surface area (Å²) in [5, 5.41) is 9.56. The zero-order chi connectivity index (χ0) is 13.9. The van der Waals surface area contributed by atoms with E-state index in [1.54, 1.807) is 13.1 Å². The topological polar surface area (TPSA) is 86.9 Å². The molecule has 0 aliphatic rings. The molecule has 2 aromatic rings. The molecule has 1 heterocycles. The predicted octanol–water partition coefficient (Wildman–Crippen LogP) is 1.58. The van der Waals surface area contributed by atoms with E-state index in [4.69, 9.17) is 11.6 Å². The highest BCUT2D eigenvalue weighted by atomic mass is 35.5. The highest BCUT2D eigenvalue weighted by Gasteiger charge is 2.16. The number of aromatic nitrogens is 2. The molecule has 6 nitrogen and oxygen atoms in total. The molecule has 0 aliphatic heterocycles. The number of anilines is 1. The van der Waals surface area contributed by atoms with Gasteiger partial charge in [0.1, 0.15) is 0 Å². The zero-order valence-corrected chi connectivity index (χ0v) is 11.7. The summed E-state index contributed by atoms with van der Waals surface area (Å²) in [5.41, 5.74) is 1.21. The predicted molar refractivity (Wildman–Crippen MR) is 73.6 cm³/mol. The Hall–Kier alpha value is -1.57. The van der Waals surface area contributed by atoms with Gasteiger partial charge in [-0.25, -0.2) is 8.42 Å². The Balaban J connectivity index is 2.28. The molecule has 0 fully saturated rings. The Labute approximate surface area is 116 Å². The fraction of sp³-hybridized carbons (Fsp3) is 0.182. The first-order valence-electron chi connectivity index (χ1n) is 5.47. The Kier molecular flexibility index (Phi) is 4.08. The van der Waals surface area contributed by atoms with Crippen LogP contribution < -0.4 is 10.0 Å². The molecule has 3 N–H and O–H groups in total. The van der Waals surface area contributed by atoms with Gasteiger partial charge >= 0.3 is 0 Å². The van der Waals surface area contributed by atoms with Gasteiger partial charge in [0.05, 0.1) is 16.8 Å². The van der Waals surface area contributed by atoms with Crippen LogP contribution in [0.5, 0.6) is 0 Å². The van der Waals surface area contributed by atoms with E-state index < -0.39 is 10.0 Å². The summed E-state index contributed by atoms with van der Waals surface area (Å²) in [5.74, 6) is 0. The molecule has 1 aromatic heterocycles. The number of hydrogen-bond donors (Lipinski definition) is 3. The first kappa shape index (κ1) is 13.9. The summed E-state index contributed by atoms with van der Waals surface area (Å²) in [4.78, 5) is 0.110. The van der Waals surface area contributed by atoms with Gasteiger partial charge < -0.3 is 5.32 Å². The van der Waals surface area contributed by atoms with Crippen molar-refractivity contribution in [3.8, 4) is 0 Å². The van der Waals surface area contributed by atoms with Crippen molar-refractivity contribution in [1.82, 2.24) is 15.5 Å². The average molecular weight is 301 g/mol. The van der Waals surface area contributed by atoms with Crippen LogP contribution >= 0.6 is 11.6 Å². The third-order valence-corrected chi connectivity index (χ3v) is 4.18. The van der Waals surface area contributed by atoms with Crippen LogP contribution in [0.4, 0.5) is 5.69 Å². The highest BCUT2D eigenvalue weighted by Crippen LogP contribution is 2.22. The number of H-pyrrole nitrogens is 1. The minimum Gasteiger partial charge on any atom is -0.316 e. The molecule has 19 heavy (non-hydrogen) atoms. The largest absolute Gasteiger partial charge is 0.316 e. The van der Waals surface area contributed by atoms with Crippen molar-refractivity contribution >= 4 is 27.3 Å². The fourth-order valence-corrected chi connectivity index (χ4v) is 2.92. The maximum atomic E-state index is 12.1. The average Bonchev–Trinajstić information content (AvgIpc) is 2.84. The first-order valence-corrected chi connectivity index (χ1v) is 7.33. The van der Waals surface area contributed by atoms with Crippen molar-refractivity contribution < 1.29 is 8.42 Å². The van der Waals surface area contributed by atoms with E-state index in [0.717, 1.165) is 5.56 Å². The Morgan fingerprint density at radius 3 is 2.79 bits per heavy atom. The number of rotatable bonds is 5. The molecule has 0 atom stereocenters. The van der Waals surface area contributed by atoms with Crippen molar-refractivity contribution in [3.63, 3.8) is 0 Å². The molecule has 102 valence electrons. The standard InChI is InChI=1S/C11H13ClN4O2S/c1-13-5-8-2-3-10(4-11(8)12)19(17,18)16-9-6-14-15-7-9/h2-4,6-7,13,16H,5H2,1H3,(H,14,15). The van der Waals surface area contributed by atoms with Gasteiger partial charge in [-0.1, -0.05) is 17.7 Å². The van der Waals surface area contributed by atoms with Crippen LogP contribution in [0, 0.1) is 0 Å². The van der Waals surface area contributed by atoms with Crippen LogP contribution in [0.15, 0.2) is 35.5 Å². The molecular weight excluding hydrogens is 288 g/mol. The van der Waals surface area contributed by atoms with Gasteiger partial charge in [0, 0.05) is 17.8 Å². The number of nitrogens with zero attached hydrogens (tertiary/aromatic N) is 1.